The SMILES string of the molecule is CCOc1nc(N)nc(NC2CCC(O)CC2)n1. The third-order valence-electron chi connectivity index (χ3n) is 2.94. The van der Waals surface area contributed by atoms with Crippen molar-refractivity contribution in [2.45, 2.75) is 44.8 Å². The molecule has 4 N–H and O–H groups in total. The molecule has 1 heterocycles. The van der Waals surface area contributed by atoms with Gasteiger partial charge in [0.2, 0.25) is 11.9 Å². The number of nitrogens with two attached hydrogens (primary N) is 1. The first-order chi connectivity index (χ1) is 8.67. The molecule has 7 heteroatoms. The Balaban J connectivity index is 2.00. The van der Waals surface area contributed by atoms with E-state index < -0.39 is 0 Å². The van der Waals surface area contributed by atoms with Gasteiger partial charge in [-0.2, -0.15) is 15.0 Å². The van der Waals surface area contributed by atoms with Crippen LogP contribution >= 0.6 is 0 Å². The predicted molar refractivity (Wildman–Crippen MR) is 67.3 cm³/mol. The van der Waals surface area contributed by atoms with Gasteiger partial charge in [-0.05, 0) is 32.6 Å². The van der Waals surface area contributed by atoms with E-state index in [0.717, 1.165) is 25.7 Å². The van der Waals surface area contributed by atoms with E-state index >= 15 is 0 Å². The molecule has 100 valence electrons. The molecule has 1 saturated carbocycles. The van der Waals surface area contributed by atoms with Gasteiger partial charge in [0, 0.05) is 6.04 Å². The Bertz CT molecular complexity index is 393. The average molecular weight is 253 g/mol. The topological polar surface area (TPSA) is 106 Å². The van der Waals surface area contributed by atoms with E-state index in [0.29, 0.717) is 12.6 Å². The Morgan fingerprint density at radius 1 is 1.28 bits per heavy atom. The Labute approximate surface area is 106 Å². The van der Waals surface area contributed by atoms with Gasteiger partial charge in [-0.15, -0.1) is 0 Å². The van der Waals surface area contributed by atoms with E-state index in [2.05, 4.69) is 20.3 Å². The summed E-state index contributed by atoms with van der Waals surface area (Å²) < 4.78 is 5.21. The van der Waals surface area contributed by atoms with Gasteiger partial charge in [-0.1, -0.05) is 0 Å². The number of nitrogens with zero attached hydrogens (tertiary/aromatic N) is 3. The summed E-state index contributed by atoms with van der Waals surface area (Å²) in [6, 6.07) is 0.507. The standard InChI is InChI=1S/C11H19N5O2/c1-2-18-11-15-9(12)14-10(16-11)13-7-3-5-8(17)6-4-7/h7-8,17H,2-6H2,1H3,(H3,12,13,14,15,16). The zero-order chi connectivity index (χ0) is 13.0. The number of anilines is 2. The van der Waals surface area contributed by atoms with E-state index in [4.69, 9.17) is 10.5 Å². The van der Waals surface area contributed by atoms with Crippen molar-refractivity contribution in [2.75, 3.05) is 17.7 Å². The number of nitrogens with one attached hydrogen (secondary N) is 1. The molecule has 18 heavy (non-hydrogen) atoms. The summed E-state index contributed by atoms with van der Waals surface area (Å²) in [5.41, 5.74) is 5.59. The maximum atomic E-state index is 9.44. The van der Waals surface area contributed by atoms with E-state index in [1.165, 1.54) is 0 Å². The fraction of sp³-hybridized carbons (Fsp3) is 0.727. The predicted octanol–water partition coefficient (Wildman–Crippen LogP) is 0.568. The van der Waals surface area contributed by atoms with Crippen LogP contribution in [-0.2, 0) is 0 Å². The fourth-order valence-corrected chi connectivity index (χ4v) is 2.03. The van der Waals surface area contributed by atoms with E-state index in [1.807, 2.05) is 6.92 Å². The molecular formula is C11H19N5O2. The molecule has 0 bridgehead atoms. The zero-order valence-electron chi connectivity index (χ0n) is 10.5. The Kier molecular flexibility index (Phi) is 4.14. The molecule has 0 saturated heterocycles. The quantitative estimate of drug-likeness (QED) is 0.720. The van der Waals surface area contributed by atoms with Gasteiger partial charge in [0.15, 0.2) is 0 Å². The maximum absolute atomic E-state index is 9.44. The first kappa shape index (κ1) is 12.8. The number of aliphatic hydroxyl groups is 1. The van der Waals surface area contributed by atoms with Crippen LogP contribution in [0, 0.1) is 0 Å². The number of aliphatic hydroxyl groups excluding tert-OH is 1. The lowest BCUT2D eigenvalue weighted by Crippen LogP contribution is -2.29. The molecule has 0 aliphatic heterocycles. The number of ether oxygens (including phenoxy) is 1. The maximum Gasteiger partial charge on any atom is 0.323 e. The van der Waals surface area contributed by atoms with Crippen molar-refractivity contribution in [1.29, 1.82) is 0 Å². The lowest BCUT2D eigenvalue weighted by atomic mass is 9.93. The van der Waals surface area contributed by atoms with Gasteiger partial charge >= 0.3 is 6.01 Å². The first-order valence-corrected chi connectivity index (χ1v) is 6.26. The largest absolute Gasteiger partial charge is 0.464 e. The molecule has 0 amide bonds. The Morgan fingerprint density at radius 3 is 2.67 bits per heavy atom. The number of nitrogen functional groups attached to an aromatic ring is 1. The van der Waals surface area contributed by atoms with Crippen LogP contribution in [0.15, 0.2) is 0 Å². The summed E-state index contributed by atoms with van der Waals surface area (Å²) in [6.07, 6.45) is 3.23. The molecule has 7 nitrogen and oxygen atoms in total. The van der Waals surface area contributed by atoms with Crippen LogP contribution in [0.25, 0.3) is 0 Å². The minimum absolute atomic E-state index is 0.145. The molecular weight excluding hydrogens is 234 g/mol. The third kappa shape index (κ3) is 3.43. The lowest BCUT2D eigenvalue weighted by molar-refractivity contribution is 0.126. The van der Waals surface area contributed by atoms with Crippen LogP contribution in [0.4, 0.5) is 11.9 Å². The summed E-state index contributed by atoms with van der Waals surface area (Å²) >= 11 is 0. The zero-order valence-corrected chi connectivity index (χ0v) is 10.5. The highest BCUT2D eigenvalue weighted by Gasteiger charge is 2.20. The van der Waals surface area contributed by atoms with Crippen molar-refractivity contribution in [3.63, 3.8) is 0 Å². The molecule has 0 spiro atoms. The minimum Gasteiger partial charge on any atom is -0.464 e. The van der Waals surface area contributed by atoms with Crippen molar-refractivity contribution in [3.05, 3.63) is 0 Å². The van der Waals surface area contributed by atoms with Crippen LogP contribution in [0.1, 0.15) is 32.6 Å². The number of hydrogen-bond donors (Lipinski definition) is 3. The number of hydrogen-bond acceptors (Lipinski definition) is 7. The number of rotatable bonds is 4. The van der Waals surface area contributed by atoms with Crippen LogP contribution < -0.4 is 15.8 Å². The van der Waals surface area contributed by atoms with E-state index in [-0.39, 0.29) is 24.1 Å². The van der Waals surface area contributed by atoms with Crippen LogP contribution in [0.3, 0.4) is 0 Å². The molecule has 1 aromatic heterocycles. The van der Waals surface area contributed by atoms with Crippen LogP contribution in [0.2, 0.25) is 0 Å². The van der Waals surface area contributed by atoms with Crippen LogP contribution in [0.5, 0.6) is 6.01 Å². The molecule has 1 fully saturated rings. The minimum atomic E-state index is -0.175. The molecule has 1 aliphatic carbocycles. The molecule has 1 aromatic rings. The highest BCUT2D eigenvalue weighted by molar-refractivity contribution is 5.33. The molecule has 2 rings (SSSR count). The molecule has 0 radical (unpaired) electrons. The van der Waals surface area contributed by atoms with Gasteiger partial charge in [-0.3, -0.25) is 0 Å². The average Bonchev–Trinajstić information content (AvgIpc) is 2.32. The summed E-state index contributed by atoms with van der Waals surface area (Å²) in [7, 11) is 0. The monoisotopic (exact) mass is 253 g/mol. The van der Waals surface area contributed by atoms with E-state index in [1.54, 1.807) is 0 Å². The van der Waals surface area contributed by atoms with Gasteiger partial charge in [-0.25, -0.2) is 0 Å². The highest BCUT2D eigenvalue weighted by atomic mass is 16.5. The summed E-state index contributed by atoms with van der Waals surface area (Å²) in [6.45, 7) is 2.34. The highest BCUT2D eigenvalue weighted by Crippen LogP contribution is 2.21. The lowest BCUT2D eigenvalue weighted by Gasteiger charge is -2.26. The smallest absolute Gasteiger partial charge is 0.323 e. The summed E-state index contributed by atoms with van der Waals surface area (Å²) in [5, 5.41) is 12.6. The second kappa shape index (κ2) is 5.81. The molecule has 1 aliphatic rings. The van der Waals surface area contributed by atoms with Gasteiger partial charge in [0.1, 0.15) is 0 Å². The molecule has 0 atom stereocenters. The normalized spacial score (nSPS) is 23.7. The molecule has 0 aromatic carbocycles. The van der Waals surface area contributed by atoms with Crippen molar-refractivity contribution in [2.24, 2.45) is 0 Å². The van der Waals surface area contributed by atoms with Crippen molar-refractivity contribution < 1.29 is 9.84 Å². The number of aromatic nitrogens is 3. The summed E-state index contributed by atoms with van der Waals surface area (Å²) in [4.78, 5) is 12.1. The summed E-state index contributed by atoms with van der Waals surface area (Å²) in [5.74, 6) is 0.583. The fourth-order valence-electron chi connectivity index (χ4n) is 2.03. The first-order valence-electron chi connectivity index (χ1n) is 6.26. The van der Waals surface area contributed by atoms with E-state index in [9.17, 15) is 5.11 Å². The Morgan fingerprint density at radius 2 is 2.00 bits per heavy atom. The second-order valence-corrected chi connectivity index (χ2v) is 4.38. The second-order valence-electron chi connectivity index (χ2n) is 4.38. The Hall–Kier alpha value is -1.63. The van der Waals surface area contributed by atoms with Crippen molar-refractivity contribution >= 4 is 11.9 Å². The third-order valence-corrected chi connectivity index (χ3v) is 2.94. The molecule has 0 unspecified atom stereocenters. The van der Waals surface area contributed by atoms with Gasteiger partial charge < -0.3 is 20.9 Å². The van der Waals surface area contributed by atoms with Crippen LogP contribution in [-0.4, -0.2) is 38.8 Å². The van der Waals surface area contributed by atoms with Gasteiger partial charge in [0.25, 0.3) is 0 Å². The van der Waals surface area contributed by atoms with Gasteiger partial charge in [0.05, 0.1) is 12.7 Å². The van der Waals surface area contributed by atoms with Crippen molar-refractivity contribution in [1.82, 2.24) is 15.0 Å². The van der Waals surface area contributed by atoms with Crippen molar-refractivity contribution in [3.8, 4) is 6.01 Å².